The Balaban J connectivity index is 1.62. The fourth-order valence-electron chi connectivity index (χ4n) is 3.09. The first-order chi connectivity index (χ1) is 14.2. The molecule has 0 radical (unpaired) electrons. The van der Waals surface area contributed by atoms with Crippen molar-refractivity contribution in [2.75, 3.05) is 19.8 Å². The highest BCUT2D eigenvalue weighted by Crippen LogP contribution is 2.28. The number of aliphatic hydroxyl groups is 6. The molecule has 0 spiro atoms. The van der Waals surface area contributed by atoms with Gasteiger partial charge in [-0.05, 0) is 24.3 Å². The average molecular weight is 432 g/mol. The summed E-state index contributed by atoms with van der Waals surface area (Å²) in [4.78, 5) is 10.9. The van der Waals surface area contributed by atoms with Crippen LogP contribution in [0.1, 0.15) is 10.4 Å². The van der Waals surface area contributed by atoms with E-state index >= 15 is 0 Å². The molecule has 7 N–H and O–H groups in total. The highest BCUT2D eigenvalue weighted by atomic mass is 16.7. The van der Waals surface area contributed by atoms with E-state index in [1.165, 1.54) is 24.3 Å². The molecule has 30 heavy (non-hydrogen) atoms. The Morgan fingerprint density at radius 2 is 1.73 bits per heavy atom. The van der Waals surface area contributed by atoms with Crippen molar-refractivity contribution in [3.8, 4) is 5.75 Å². The maximum Gasteiger partial charge on any atom is 0.335 e. The Bertz CT molecular complexity index is 726. The third-order valence-corrected chi connectivity index (χ3v) is 5.03. The number of ether oxygens (including phenoxy) is 4. The lowest BCUT2D eigenvalue weighted by Crippen LogP contribution is -2.60. The fourth-order valence-corrected chi connectivity index (χ4v) is 3.09. The molecular formula is C18H24O12. The largest absolute Gasteiger partial charge is 0.478 e. The van der Waals surface area contributed by atoms with Gasteiger partial charge in [0, 0.05) is 0 Å². The number of carboxylic acid groups (broad SMARTS) is 1. The van der Waals surface area contributed by atoms with Gasteiger partial charge in [-0.15, -0.1) is 0 Å². The van der Waals surface area contributed by atoms with E-state index in [-0.39, 0.29) is 17.9 Å². The molecule has 0 aliphatic carbocycles. The molecule has 3 rings (SSSR count). The van der Waals surface area contributed by atoms with Gasteiger partial charge in [0.1, 0.15) is 41.9 Å². The summed E-state index contributed by atoms with van der Waals surface area (Å²) in [5.74, 6) is -0.981. The summed E-state index contributed by atoms with van der Waals surface area (Å²) in [6.07, 6.45) is -10.3. The number of hydrogen-bond acceptors (Lipinski definition) is 11. The molecule has 12 nitrogen and oxygen atoms in total. The highest BCUT2D eigenvalue weighted by Gasteiger charge is 2.50. The number of aliphatic hydroxyl groups excluding tert-OH is 5. The monoisotopic (exact) mass is 432 g/mol. The van der Waals surface area contributed by atoms with Crippen molar-refractivity contribution in [2.24, 2.45) is 0 Å². The molecule has 0 unspecified atom stereocenters. The van der Waals surface area contributed by atoms with Crippen LogP contribution in [0.25, 0.3) is 0 Å². The number of aromatic carboxylic acids is 1. The second-order valence-electron chi connectivity index (χ2n) is 7.18. The first kappa shape index (κ1) is 22.8. The first-order valence-electron chi connectivity index (χ1n) is 9.10. The van der Waals surface area contributed by atoms with E-state index in [9.17, 15) is 30.3 Å². The summed E-state index contributed by atoms with van der Waals surface area (Å²) < 4.78 is 21.3. The summed E-state index contributed by atoms with van der Waals surface area (Å²) in [6.45, 7) is -1.53. The summed E-state index contributed by atoms with van der Waals surface area (Å²) in [5.41, 5.74) is -1.87. The molecule has 2 saturated heterocycles. The van der Waals surface area contributed by atoms with Gasteiger partial charge in [0.2, 0.25) is 6.29 Å². The zero-order chi connectivity index (χ0) is 22.1. The summed E-state index contributed by atoms with van der Waals surface area (Å²) in [5, 5.41) is 68.4. The molecular weight excluding hydrogens is 408 g/mol. The van der Waals surface area contributed by atoms with Gasteiger partial charge in [-0.1, -0.05) is 0 Å². The molecule has 12 heteroatoms. The molecule has 2 fully saturated rings. The standard InChI is InChI=1S/C18H24O12/c19-6-18(26)7-28-17(14(18)23)27-5-10-11(20)12(21)13(22)16(30-10)29-9-3-1-8(2-4-9)15(24)25/h1-4,10-14,16-17,19-23,26H,5-7H2,(H,24,25)/t10-,11+,12-,13-,14-,16-,17+,18+/m0/s1. The van der Waals surface area contributed by atoms with Crippen molar-refractivity contribution >= 4 is 5.97 Å². The Morgan fingerprint density at radius 1 is 1.07 bits per heavy atom. The second-order valence-corrected chi connectivity index (χ2v) is 7.18. The van der Waals surface area contributed by atoms with Crippen molar-refractivity contribution in [3.05, 3.63) is 29.8 Å². The normalized spacial score (nSPS) is 39.1. The SMILES string of the molecule is O=C(O)c1ccc(O[C@H]2O[C@@H](CO[C@@H]3OC[C@](O)(CO)[C@H]3O)[C@@H](O)[C@H](O)[C@@H]2O)cc1. The quantitative estimate of drug-likeness (QED) is 0.231. The van der Waals surface area contributed by atoms with Gasteiger partial charge in [-0.3, -0.25) is 0 Å². The predicted molar refractivity (Wildman–Crippen MR) is 94.4 cm³/mol. The molecule has 1 aromatic carbocycles. The van der Waals surface area contributed by atoms with Crippen LogP contribution in [0.3, 0.4) is 0 Å². The Labute approximate surface area is 170 Å². The minimum Gasteiger partial charge on any atom is -0.478 e. The summed E-state index contributed by atoms with van der Waals surface area (Å²) >= 11 is 0. The molecule has 0 amide bonds. The fraction of sp³-hybridized carbons (Fsp3) is 0.611. The Morgan fingerprint density at radius 3 is 2.30 bits per heavy atom. The van der Waals surface area contributed by atoms with Crippen LogP contribution in [-0.4, -0.2) is 110 Å². The van der Waals surface area contributed by atoms with Gasteiger partial charge >= 0.3 is 5.97 Å². The van der Waals surface area contributed by atoms with Crippen LogP contribution >= 0.6 is 0 Å². The molecule has 2 heterocycles. The van der Waals surface area contributed by atoms with E-state index in [1.807, 2.05) is 0 Å². The maximum atomic E-state index is 10.9. The maximum absolute atomic E-state index is 10.9. The second kappa shape index (κ2) is 9.09. The highest BCUT2D eigenvalue weighted by molar-refractivity contribution is 5.87. The summed E-state index contributed by atoms with van der Waals surface area (Å²) in [7, 11) is 0. The van der Waals surface area contributed by atoms with Crippen molar-refractivity contribution < 1.29 is 59.5 Å². The van der Waals surface area contributed by atoms with E-state index in [0.717, 1.165) is 0 Å². The lowest BCUT2D eigenvalue weighted by molar-refractivity contribution is -0.289. The number of benzene rings is 1. The third kappa shape index (κ3) is 4.56. The van der Waals surface area contributed by atoms with Crippen molar-refractivity contribution in [1.29, 1.82) is 0 Å². The first-order valence-corrected chi connectivity index (χ1v) is 9.10. The molecule has 1 aromatic rings. The van der Waals surface area contributed by atoms with E-state index in [2.05, 4.69) is 0 Å². The van der Waals surface area contributed by atoms with E-state index < -0.39 is 67.9 Å². The Hall–Kier alpha value is -1.87. The lowest BCUT2D eigenvalue weighted by Gasteiger charge is -2.40. The Kier molecular flexibility index (Phi) is 6.91. The van der Waals surface area contributed by atoms with Crippen LogP contribution < -0.4 is 4.74 Å². The predicted octanol–water partition coefficient (Wildman–Crippen LogP) is -2.97. The molecule has 2 aliphatic heterocycles. The molecule has 0 bridgehead atoms. The van der Waals surface area contributed by atoms with Crippen LogP contribution in [0.15, 0.2) is 24.3 Å². The van der Waals surface area contributed by atoms with Gasteiger partial charge in [-0.2, -0.15) is 0 Å². The van der Waals surface area contributed by atoms with E-state index in [1.54, 1.807) is 0 Å². The van der Waals surface area contributed by atoms with Gasteiger partial charge in [0.25, 0.3) is 0 Å². The van der Waals surface area contributed by atoms with Crippen molar-refractivity contribution in [2.45, 2.75) is 48.7 Å². The molecule has 168 valence electrons. The minimum atomic E-state index is -1.89. The smallest absolute Gasteiger partial charge is 0.335 e. The van der Waals surface area contributed by atoms with Gasteiger partial charge < -0.3 is 54.7 Å². The van der Waals surface area contributed by atoms with E-state index in [0.29, 0.717) is 0 Å². The van der Waals surface area contributed by atoms with E-state index in [4.69, 9.17) is 29.2 Å². The molecule has 0 saturated carbocycles. The third-order valence-electron chi connectivity index (χ3n) is 5.03. The molecule has 8 atom stereocenters. The number of rotatable bonds is 7. The number of carboxylic acids is 1. The zero-order valence-corrected chi connectivity index (χ0v) is 15.6. The lowest BCUT2D eigenvalue weighted by atomic mass is 9.99. The van der Waals surface area contributed by atoms with Gasteiger partial charge in [-0.25, -0.2) is 4.79 Å². The number of hydrogen-bond donors (Lipinski definition) is 7. The average Bonchev–Trinajstić information content (AvgIpc) is 3.02. The summed E-state index contributed by atoms with van der Waals surface area (Å²) in [6, 6.07) is 5.22. The van der Waals surface area contributed by atoms with Gasteiger partial charge in [0.05, 0.1) is 25.4 Å². The zero-order valence-electron chi connectivity index (χ0n) is 15.6. The minimum absolute atomic E-state index is 0.0205. The van der Waals surface area contributed by atoms with Crippen molar-refractivity contribution in [1.82, 2.24) is 0 Å². The van der Waals surface area contributed by atoms with Crippen LogP contribution in [0.2, 0.25) is 0 Å². The topological polar surface area (TPSA) is 196 Å². The van der Waals surface area contributed by atoms with Crippen molar-refractivity contribution in [3.63, 3.8) is 0 Å². The van der Waals surface area contributed by atoms with Crippen LogP contribution in [0.5, 0.6) is 5.75 Å². The molecule has 2 aliphatic rings. The molecule has 0 aromatic heterocycles. The van der Waals surface area contributed by atoms with Gasteiger partial charge in [0.15, 0.2) is 6.29 Å². The van der Waals surface area contributed by atoms with Crippen LogP contribution in [-0.2, 0) is 14.2 Å². The number of carbonyl (C=O) groups is 1. The van der Waals surface area contributed by atoms with Crippen LogP contribution in [0, 0.1) is 0 Å². The van der Waals surface area contributed by atoms with Crippen LogP contribution in [0.4, 0.5) is 0 Å².